The van der Waals surface area contributed by atoms with Crippen LogP contribution in [0.1, 0.15) is 22.3 Å². The molecule has 1 aliphatic rings. The molecule has 10 heteroatoms. The van der Waals surface area contributed by atoms with Crippen molar-refractivity contribution in [3.63, 3.8) is 0 Å². The molecule has 0 bridgehead atoms. The number of carbonyl (C=O) groups is 1. The Balaban J connectivity index is 1.26. The molecular formula is C18H14N6O3S. The summed E-state index contributed by atoms with van der Waals surface area (Å²) in [6.45, 7) is 0.930. The number of nitrogens with zero attached hydrogens (tertiary/aromatic N) is 4. The quantitative estimate of drug-likeness (QED) is 0.547. The fourth-order valence-electron chi connectivity index (χ4n) is 3.06. The first-order valence-electron chi connectivity index (χ1n) is 8.59. The van der Waals surface area contributed by atoms with E-state index in [9.17, 15) is 9.59 Å². The van der Waals surface area contributed by atoms with E-state index in [1.165, 1.54) is 0 Å². The van der Waals surface area contributed by atoms with Crippen molar-refractivity contribution in [2.45, 2.75) is 5.92 Å². The van der Waals surface area contributed by atoms with Gasteiger partial charge >= 0.3 is 0 Å². The molecule has 0 radical (unpaired) electrons. The number of likely N-dealkylation sites (tertiary alicyclic amines) is 1. The monoisotopic (exact) mass is 394 g/mol. The van der Waals surface area contributed by atoms with Crippen LogP contribution >= 0.6 is 11.3 Å². The number of H-pyrrole nitrogens is 2. The smallest absolute Gasteiger partial charge is 0.274 e. The number of hydrogen-bond donors (Lipinski definition) is 2. The fraction of sp³-hybridized carbons (Fsp3) is 0.167. The molecule has 0 saturated carbocycles. The Labute approximate surface area is 162 Å². The number of aromatic amines is 2. The summed E-state index contributed by atoms with van der Waals surface area (Å²) in [4.78, 5) is 34.0. The molecule has 0 unspecified atom stereocenters. The van der Waals surface area contributed by atoms with E-state index >= 15 is 0 Å². The summed E-state index contributed by atoms with van der Waals surface area (Å²) in [7, 11) is 0. The molecule has 0 spiro atoms. The van der Waals surface area contributed by atoms with Gasteiger partial charge in [-0.2, -0.15) is 10.1 Å². The first-order valence-corrected chi connectivity index (χ1v) is 9.47. The Morgan fingerprint density at radius 1 is 1.29 bits per heavy atom. The molecule has 0 aliphatic carbocycles. The number of carbonyl (C=O) groups excluding carboxylic acids is 1. The molecule has 9 nitrogen and oxygen atoms in total. The summed E-state index contributed by atoms with van der Waals surface area (Å²) >= 11 is 1.58. The highest BCUT2D eigenvalue weighted by Gasteiger charge is 2.37. The molecule has 1 aliphatic heterocycles. The standard InChI is InChI=1S/C18H14N6O3S/c25-16-11(3-1-5-19-16)15-20-17(27-23-15)10-8-24(9-10)18(26)13-7-12(21-22-13)14-4-2-6-28-14/h1-7,10H,8-9H2,(H,19,25)(H,21,22). The third-order valence-electron chi connectivity index (χ3n) is 4.60. The minimum absolute atomic E-state index is 0.0521. The number of pyridine rings is 1. The molecule has 1 saturated heterocycles. The lowest BCUT2D eigenvalue weighted by Crippen LogP contribution is -2.48. The van der Waals surface area contributed by atoms with Gasteiger partial charge in [0.25, 0.3) is 11.5 Å². The third kappa shape index (κ3) is 2.83. The first kappa shape index (κ1) is 16.6. The second-order valence-corrected chi connectivity index (χ2v) is 7.37. The van der Waals surface area contributed by atoms with Crippen molar-refractivity contribution in [2.75, 3.05) is 13.1 Å². The zero-order chi connectivity index (χ0) is 19.1. The van der Waals surface area contributed by atoms with Crippen LogP contribution in [-0.2, 0) is 0 Å². The Kier molecular flexibility index (Phi) is 3.90. The van der Waals surface area contributed by atoms with Crippen molar-refractivity contribution < 1.29 is 9.32 Å². The predicted octanol–water partition coefficient (Wildman–Crippen LogP) is 2.12. The molecule has 0 aromatic carbocycles. The van der Waals surface area contributed by atoms with Crippen LogP contribution in [0.2, 0.25) is 0 Å². The van der Waals surface area contributed by atoms with Gasteiger partial charge in [0.05, 0.1) is 22.1 Å². The Morgan fingerprint density at radius 3 is 2.96 bits per heavy atom. The molecule has 1 fully saturated rings. The van der Waals surface area contributed by atoms with Gasteiger partial charge < -0.3 is 14.4 Å². The number of amides is 1. The topological polar surface area (TPSA) is 121 Å². The van der Waals surface area contributed by atoms with Gasteiger partial charge in [-0.25, -0.2) is 0 Å². The van der Waals surface area contributed by atoms with Crippen LogP contribution in [0.5, 0.6) is 0 Å². The third-order valence-corrected chi connectivity index (χ3v) is 5.51. The van der Waals surface area contributed by atoms with Gasteiger partial charge in [-0.05, 0) is 29.6 Å². The van der Waals surface area contributed by atoms with Gasteiger partial charge in [0.15, 0.2) is 5.69 Å². The highest BCUT2D eigenvalue weighted by molar-refractivity contribution is 7.13. The summed E-state index contributed by atoms with van der Waals surface area (Å²) < 4.78 is 5.29. The van der Waals surface area contributed by atoms with Crippen LogP contribution in [0.3, 0.4) is 0 Å². The number of hydrogen-bond acceptors (Lipinski definition) is 7. The SMILES string of the molecule is O=C(c1cc(-c2cccs2)[nH]n1)N1CC(c2nc(-c3ccc[nH]c3=O)no2)C1. The van der Waals surface area contributed by atoms with Gasteiger partial charge in [-0.3, -0.25) is 14.7 Å². The van der Waals surface area contributed by atoms with E-state index in [0.29, 0.717) is 30.2 Å². The van der Waals surface area contributed by atoms with E-state index in [2.05, 4.69) is 25.3 Å². The van der Waals surface area contributed by atoms with E-state index in [4.69, 9.17) is 4.52 Å². The molecule has 4 aromatic heterocycles. The van der Waals surface area contributed by atoms with Gasteiger partial charge in [0, 0.05) is 19.3 Å². The minimum atomic E-state index is -0.277. The number of thiophene rings is 1. The summed E-state index contributed by atoms with van der Waals surface area (Å²) in [6, 6.07) is 9.01. The molecular weight excluding hydrogens is 380 g/mol. The van der Waals surface area contributed by atoms with Gasteiger partial charge in [0.2, 0.25) is 11.7 Å². The van der Waals surface area contributed by atoms with E-state index < -0.39 is 0 Å². The number of rotatable bonds is 4. The summed E-state index contributed by atoms with van der Waals surface area (Å²) in [5.74, 6) is 0.469. The summed E-state index contributed by atoms with van der Waals surface area (Å²) in [5, 5.41) is 12.9. The molecule has 1 amide bonds. The van der Waals surface area contributed by atoms with Gasteiger partial charge in [-0.1, -0.05) is 11.2 Å². The fourth-order valence-corrected chi connectivity index (χ4v) is 3.75. The Hall–Kier alpha value is -3.53. The van der Waals surface area contributed by atoms with Crippen molar-refractivity contribution in [1.29, 1.82) is 0 Å². The number of nitrogens with one attached hydrogen (secondary N) is 2. The molecule has 28 heavy (non-hydrogen) atoms. The van der Waals surface area contributed by atoms with Crippen LogP contribution in [0.4, 0.5) is 0 Å². The van der Waals surface area contributed by atoms with Crippen LogP contribution in [-0.4, -0.2) is 49.2 Å². The average molecular weight is 394 g/mol. The second kappa shape index (κ2) is 6.57. The van der Waals surface area contributed by atoms with Crippen LogP contribution in [0.15, 0.2) is 51.2 Å². The first-order chi connectivity index (χ1) is 13.7. The molecule has 4 aromatic rings. The van der Waals surface area contributed by atoms with Gasteiger partial charge in [-0.15, -0.1) is 11.3 Å². The Bertz CT molecular complexity index is 1190. The molecule has 5 heterocycles. The van der Waals surface area contributed by atoms with Crippen LogP contribution in [0.25, 0.3) is 22.0 Å². The zero-order valence-electron chi connectivity index (χ0n) is 14.5. The van der Waals surface area contributed by atoms with E-state index in [1.54, 1.807) is 40.6 Å². The van der Waals surface area contributed by atoms with E-state index in [1.807, 2.05) is 17.5 Å². The van der Waals surface area contributed by atoms with Gasteiger partial charge in [0.1, 0.15) is 0 Å². The van der Waals surface area contributed by atoms with Crippen molar-refractivity contribution in [1.82, 2.24) is 30.2 Å². The molecule has 2 N–H and O–H groups in total. The summed E-state index contributed by atoms with van der Waals surface area (Å²) in [5.41, 5.74) is 1.27. The molecule has 5 rings (SSSR count). The lowest BCUT2D eigenvalue weighted by molar-refractivity contribution is 0.0563. The van der Waals surface area contributed by atoms with Crippen molar-refractivity contribution in [2.24, 2.45) is 0 Å². The zero-order valence-corrected chi connectivity index (χ0v) is 15.3. The highest BCUT2D eigenvalue weighted by atomic mass is 32.1. The maximum atomic E-state index is 12.6. The van der Waals surface area contributed by atoms with Crippen molar-refractivity contribution in [3.8, 4) is 22.0 Å². The van der Waals surface area contributed by atoms with Crippen LogP contribution < -0.4 is 5.56 Å². The maximum absolute atomic E-state index is 12.6. The summed E-state index contributed by atoms with van der Waals surface area (Å²) in [6.07, 6.45) is 1.54. The normalized spacial score (nSPS) is 14.2. The van der Waals surface area contributed by atoms with Crippen molar-refractivity contribution in [3.05, 3.63) is 63.8 Å². The Morgan fingerprint density at radius 2 is 2.18 bits per heavy atom. The number of aromatic nitrogens is 5. The van der Waals surface area contributed by atoms with E-state index in [-0.39, 0.29) is 23.2 Å². The van der Waals surface area contributed by atoms with Crippen LogP contribution in [0, 0.1) is 0 Å². The van der Waals surface area contributed by atoms with Crippen molar-refractivity contribution >= 4 is 17.2 Å². The lowest BCUT2D eigenvalue weighted by atomic mass is 9.99. The van der Waals surface area contributed by atoms with E-state index in [0.717, 1.165) is 10.6 Å². The minimum Gasteiger partial charge on any atom is -0.339 e. The molecule has 140 valence electrons. The lowest BCUT2D eigenvalue weighted by Gasteiger charge is -2.36. The highest BCUT2D eigenvalue weighted by Crippen LogP contribution is 2.29. The predicted molar refractivity (Wildman–Crippen MR) is 101 cm³/mol. The molecule has 0 atom stereocenters. The maximum Gasteiger partial charge on any atom is 0.274 e. The average Bonchev–Trinajstić information content (AvgIpc) is 3.41. The second-order valence-electron chi connectivity index (χ2n) is 6.42. The largest absolute Gasteiger partial charge is 0.339 e.